The van der Waals surface area contributed by atoms with E-state index in [1.807, 2.05) is 0 Å². The van der Waals surface area contributed by atoms with E-state index in [1.165, 1.54) is 88.7 Å². The van der Waals surface area contributed by atoms with E-state index < -0.39 is 5.41 Å². The maximum atomic E-state index is 8.05. The number of rotatable bonds is 14. The summed E-state index contributed by atoms with van der Waals surface area (Å²) in [6.07, 6.45) is 4.86. The molecular weight excluding hydrogens is 1780 g/mol. The quantitative estimate of drug-likeness (QED) is 0.0998. The highest BCUT2D eigenvalue weighted by atomic mass is 16.3. The summed E-state index contributed by atoms with van der Waals surface area (Å²) in [5.74, 6) is 0. The van der Waals surface area contributed by atoms with Crippen molar-refractivity contribution >= 4 is 171 Å². The summed E-state index contributed by atoms with van der Waals surface area (Å²) in [4.78, 5) is 15.7. The van der Waals surface area contributed by atoms with Crippen LogP contribution in [-0.4, -0.2) is 13.4 Å². The van der Waals surface area contributed by atoms with Gasteiger partial charge in [-0.1, -0.05) is 346 Å². The Morgan fingerprint density at radius 2 is 0.619 bits per heavy atom. The third kappa shape index (κ3) is 15.9. The molecule has 2 aromatic heterocycles. The van der Waals surface area contributed by atoms with Crippen molar-refractivity contribution in [2.75, 3.05) is 29.4 Å². The van der Waals surface area contributed by atoms with Crippen molar-refractivity contribution in [2.45, 2.75) is 240 Å². The molecule has 16 aromatic carbocycles. The van der Waals surface area contributed by atoms with Gasteiger partial charge in [0, 0.05) is 90.1 Å². The highest BCUT2D eigenvalue weighted by Crippen LogP contribution is 2.60. The van der Waals surface area contributed by atoms with E-state index in [1.54, 1.807) is 0 Å². The minimum Gasteiger partial charge on any atom is -0.468 e. The second-order valence-corrected chi connectivity index (χ2v) is 50.5. The fraction of sp³-hybridized carbons (Fsp3) is 0.270. The number of furan rings is 2. The van der Waals surface area contributed by atoms with Crippen molar-refractivity contribution in [3.63, 3.8) is 0 Å². The molecule has 4 aliphatic heterocycles. The van der Waals surface area contributed by atoms with Gasteiger partial charge in [0.2, 0.25) is 0 Å². The van der Waals surface area contributed by atoms with Crippen molar-refractivity contribution in [2.24, 2.45) is 0 Å². The summed E-state index contributed by atoms with van der Waals surface area (Å²) >= 11 is 0. The fourth-order valence-corrected chi connectivity index (χ4v) is 25.2. The summed E-state index contributed by atoms with van der Waals surface area (Å²) in [5.41, 5.74) is 45.6. The zero-order valence-corrected chi connectivity index (χ0v) is 90.1. The Hall–Kier alpha value is -14.5. The van der Waals surface area contributed by atoms with Gasteiger partial charge in [0.25, 0.3) is 13.4 Å². The molecule has 0 fully saturated rings. The van der Waals surface area contributed by atoms with Crippen LogP contribution in [-0.2, 0) is 55.2 Å². The summed E-state index contributed by atoms with van der Waals surface area (Å²) < 4.78 is 15.9. The minimum atomic E-state index is -0.403. The van der Waals surface area contributed by atoms with Gasteiger partial charge in [0.15, 0.2) is 0 Å². The highest BCUT2D eigenvalue weighted by Gasteiger charge is 2.54. The average Bonchev–Trinajstić information content (AvgIpc) is 1.60. The molecule has 24 rings (SSSR count). The Labute approximate surface area is 872 Å². The number of anilines is 18. The summed E-state index contributed by atoms with van der Waals surface area (Å²) in [6.45, 7) is 54.2. The number of nitrogens with zero attached hydrogens (tertiary/aromatic N) is 6. The topological polar surface area (TPSA) is 45.7 Å². The Morgan fingerprint density at radius 1 is 0.279 bits per heavy atom. The Kier molecular flexibility index (Phi) is 22.0. The first kappa shape index (κ1) is 94.8. The van der Waals surface area contributed by atoms with E-state index in [0.717, 1.165) is 184 Å². The van der Waals surface area contributed by atoms with E-state index in [2.05, 4.69) is 534 Å². The first-order valence-electron chi connectivity index (χ1n) is 53.5. The van der Waals surface area contributed by atoms with Gasteiger partial charge < -0.3 is 38.2 Å². The number of benzene rings is 16. The van der Waals surface area contributed by atoms with Gasteiger partial charge in [0.05, 0.1) is 45.4 Å². The number of para-hydroxylation sites is 3. The first-order valence-corrected chi connectivity index (χ1v) is 53.5. The van der Waals surface area contributed by atoms with Crippen LogP contribution in [0.15, 0.2) is 355 Å². The molecule has 0 spiro atoms. The van der Waals surface area contributed by atoms with Crippen LogP contribution in [0.1, 0.15) is 239 Å². The van der Waals surface area contributed by atoms with Crippen molar-refractivity contribution in [3.05, 3.63) is 407 Å². The lowest BCUT2D eigenvalue weighted by Crippen LogP contribution is -2.61. The molecule has 0 N–H and O–H groups in total. The number of fused-ring (bicyclic) bond motifs is 14. The van der Waals surface area contributed by atoms with E-state index in [-0.39, 0.29) is 56.7 Å². The molecule has 6 heterocycles. The largest absolute Gasteiger partial charge is 0.468 e. The molecule has 0 saturated heterocycles. The molecular formula is C137H136B2N6O2. The Morgan fingerprint density at radius 3 is 1.04 bits per heavy atom. The molecule has 1 atom stereocenters. The molecule has 732 valence electrons. The van der Waals surface area contributed by atoms with E-state index in [0.29, 0.717) is 0 Å². The first-order chi connectivity index (χ1) is 70.0. The molecule has 0 bridgehead atoms. The standard InChI is InChI=1S/C137H136B2N6O2/c1-86-52-66-121-105(72-86)125-127(146-121)138-111-81-107-108(135(19,20)69-68-134(107,17)18)83-115(111)142(98-60-53-90(54-61-98)129(2,3)4)118-78-102(80-120(123(118)138)144(125)113-64-57-92(131(8,9)10)74-103(113)88-41-29-24-30-42-88)141(97-49-37-28-38-50-97)100-51-39-40-87(73-100)85-137(23)71-70-136(21,22)109-84-116-112(82-110(109)137)139-124-117(143(116)99-62-55-91(56-63-99)130(5,6)7)77-101(140(95-45-33-26-34-46-95)96-47-35-27-36-48-96)79-119(124)145(126-106-76-94(133(14,15)16)59-67-122(106)147-128(126)139)114-65-58-93(132(11,12)13)75-104(114)89-43-31-25-32-44-89/h24-67,72-84H,68-71,85H2,1-23H3. The van der Waals surface area contributed by atoms with E-state index >= 15 is 0 Å². The molecule has 147 heavy (non-hydrogen) atoms. The molecule has 2 aliphatic carbocycles. The third-order valence-electron chi connectivity index (χ3n) is 33.8. The van der Waals surface area contributed by atoms with Gasteiger partial charge >= 0.3 is 0 Å². The zero-order valence-electron chi connectivity index (χ0n) is 90.1. The van der Waals surface area contributed by atoms with Crippen molar-refractivity contribution < 1.29 is 8.83 Å². The molecule has 18 aromatic rings. The average molecular weight is 1920 g/mol. The summed E-state index contributed by atoms with van der Waals surface area (Å²) in [7, 11) is 0. The van der Waals surface area contributed by atoms with E-state index in [4.69, 9.17) is 8.83 Å². The fourth-order valence-electron chi connectivity index (χ4n) is 25.2. The van der Waals surface area contributed by atoms with E-state index in [9.17, 15) is 0 Å². The second kappa shape index (κ2) is 34.1. The van der Waals surface area contributed by atoms with Crippen LogP contribution in [0.4, 0.5) is 102 Å². The van der Waals surface area contributed by atoms with Gasteiger partial charge in [0.1, 0.15) is 11.2 Å². The molecule has 8 nitrogen and oxygen atoms in total. The van der Waals surface area contributed by atoms with Gasteiger partial charge in [-0.15, -0.1) is 0 Å². The third-order valence-corrected chi connectivity index (χ3v) is 33.8. The molecule has 0 radical (unpaired) electrons. The number of hydrogen-bond donors (Lipinski definition) is 0. The summed E-state index contributed by atoms with van der Waals surface area (Å²) in [5, 5.41) is 2.18. The lowest BCUT2D eigenvalue weighted by atomic mass is 9.35. The van der Waals surface area contributed by atoms with Crippen LogP contribution in [0.5, 0.6) is 0 Å². The Bertz CT molecular complexity index is 8240. The maximum absolute atomic E-state index is 8.05. The molecule has 6 aliphatic rings. The minimum absolute atomic E-state index is 0.0861. The van der Waals surface area contributed by atoms with Crippen molar-refractivity contribution in [1.82, 2.24) is 0 Å². The molecule has 0 saturated carbocycles. The smallest absolute Gasteiger partial charge is 0.297 e. The monoisotopic (exact) mass is 1920 g/mol. The predicted molar refractivity (Wildman–Crippen MR) is 628 cm³/mol. The molecule has 0 amide bonds. The van der Waals surface area contributed by atoms with Crippen LogP contribution in [0.25, 0.3) is 44.2 Å². The molecule has 1 unspecified atom stereocenters. The van der Waals surface area contributed by atoms with Gasteiger partial charge in [-0.3, -0.25) is 0 Å². The SMILES string of the molecule is Cc1ccc2oc3c(c2c1)N(c1ccc(C(C)(C)C)cc1-c1ccccc1)c1cc(N(c2ccccc2)c2cccc(CC4(C)CCC(C)(C)c5cc6c(cc54)B4c5oc7ccc(C(C)(C)C)cc7c5N(c5ccc(C(C)(C)C)cc5-c5ccccc5)c5cc(N(c7ccccc7)c7ccccc7)cc(c54)N6c4ccc(C(C)(C)C)cc4)c2)cc2c1B3c1cc3c(cc1N2c1ccc(C(C)(C)C)cc1)C(C)(C)CCC3(C)C. The van der Waals surface area contributed by atoms with Gasteiger partial charge in [-0.25, -0.2) is 0 Å². The highest BCUT2D eigenvalue weighted by molar-refractivity contribution is 7.01. The van der Waals surface area contributed by atoms with Crippen LogP contribution in [0.2, 0.25) is 0 Å². The van der Waals surface area contributed by atoms with Gasteiger partial charge in [-0.2, -0.15) is 0 Å². The normalized spacial score (nSPS) is 16.3. The zero-order chi connectivity index (χ0) is 102. The lowest BCUT2D eigenvalue weighted by Gasteiger charge is -2.48. The number of hydrogen-bond acceptors (Lipinski definition) is 8. The van der Waals surface area contributed by atoms with Gasteiger partial charge in [-0.05, 0) is 334 Å². The van der Waals surface area contributed by atoms with Crippen molar-refractivity contribution in [1.29, 1.82) is 0 Å². The maximum Gasteiger partial charge on any atom is 0.297 e. The Balaban J connectivity index is 0.746. The predicted octanol–water partition coefficient (Wildman–Crippen LogP) is 34.3. The summed E-state index contributed by atoms with van der Waals surface area (Å²) in [6, 6.07) is 134. The second-order valence-electron chi connectivity index (χ2n) is 50.5. The number of aryl methyl sites for hydroxylation is 1. The molecule has 10 heteroatoms. The lowest BCUT2D eigenvalue weighted by molar-refractivity contribution is 0.310. The van der Waals surface area contributed by atoms with Crippen molar-refractivity contribution in [3.8, 4) is 22.3 Å². The van der Waals surface area contributed by atoms with Crippen LogP contribution >= 0.6 is 0 Å². The van der Waals surface area contributed by atoms with Crippen LogP contribution in [0, 0.1) is 6.92 Å². The van der Waals surface area contributed by atoms with Crippen LogP contribution in [0.3, 0.4) is 0 Å². The van der Waals surface area contributed by atoms with Crippen LogP contribution < -0.4 is 62.6 Å².